The second kappa shape index (κ2) is 12.5. The Kier molecular flexibility index (Phi) is 9.14. The van der Waals surface area contributed by atoms with Crippen LogP contribution in [0.2, 0.25) is 0 Å². The first kappa shape index (κ1) is 30.7. The molecular weight excluding hydrogens is 528 g/mol. The van der Waals surface area contributed by atoms with Crippen LogP contribution in [0.5, 0.6) is 0 Å². The van der Waals surface area contributed by atoms with Gasteiger partial charge in [0.05, 0.1) is 17.9 Å². The van der Waals surface area contributed by atoms with Gasteiger partial charge in [-0.3, -0.25) is 14.4 Å². The molecule has 1 aromatic carbocycles. The molecule has 5 rings (SSSR count). The molecule has 4 aliphatic rings. The van der Waals surface area contributed by atoms with Crippen molar-refractivity contribution >= 4 is 23.4 Å². The maximum absolute atomic E-state index is 14.3. The number of likely N-dealkylation sites (tertiary alicyclic amines) is 1. The number of nitrogens with one attached hydrogen (secondary N) is 2. The largest absolute Gasteiger partial charge is 0.359 e. The third-order valence-corrected chi connectivity index (χ3v) is 10.5. The normalized spacial score (nSPS) is 33.4. The summed E-state index contributed by atoms with van der Waals surface area (Å²) in [5, 5.41) is 6.41. The molecule has 1 aromatic rings. The van der Waals surface area contributed by atoms with Gasteiger partial charge in [-0.2, -0.15) is 0 Å². The molecule has 1 spiro atoms. The van der Waals surface area contributed by atoms with Crippen LogP contribution in [0, 0.1) is 37.5 Å². The van der Waals surface area contributed by atoms with Crippen LogP contribution < -0.4 is 10.6 Å². The SMILES string of the molecule is CCCN(CCC)CCN1C(=O)[C@@H]2[C@H](C(=O)Nc3ccc(C)c(C)c3)[C@@H]3C=C[C@@]2(O3)[C@@H]1C(=O)N[C@@H]1CCC[C@H](C)[C@H]1C. The monoisotopic (exact) mass is 578 g/mol. The van der Waals surface area contributed by atoms with Crippen LogP contribution in [0.25, 0.3) is 0 Å². The average molecular weight is 579 g/mol. The molecule has 2 saturated heterocycles. The van der Waals surface area contributed by atoms with Crippen LogP contribution in [0.1, 0.15) is 70.9 Å². The van der Waals surface area contributed by atoms with E-state index in [4.69, 9.17) is 4.74 Å². The fraction of sp³-hybridized carbons (Fsp3) is 0.676. The molecule has 1 aliphatic carbocycles. The summed E-state index contributed by atoms with van der Waals surface area (Å²) in [6.07, 6.45) is 8.51. The van der Waals surface area contributed by atoms with Crippen molar-refractivity contribution in [2.75, 3.05) is 31.5 Å². The highest BCUT2D eigenvalue weighted by Gasteiger charge is 2.72. The fourth-order valence-electron chi connectivity index (χ4n) is 7.82. The molecule has 1 saturated carbocycles. The minimum Gasteiger partial charge on any atom is -0.359 e. The zero-order valence-corrected chi connectivity index (χ0v) is 26.3. The summed E-state index contributed by atoms with van der Waals surface area (Å²) in [5.41, 5.74) is 1.80. The maximum atomic E-state index is 14.3. The van der Waals surface area contributed by atoms with E-state index in [2.05, 4.69) is 43.2 Å². The van der Waals surface area contributed by atoms with Crippen molar-refractivity contribution in [1.29, 1.82) is 0 Å². The minimum absolute atomic E-state index is 0.0665. The Balaban J connectivity index is 1.43. The van der Waals surface area contributed by atoms with Crippen molar-refractivity contribution in [2.45, 2.75) is 97.4 Å². The number of carbonyl (C=O) groups excluding carboxylic acids is 3. The molecule has 230 valence electrons. The summed E-state index contributed by atoms with van der Waals surface area (Å²) in [7, 11) is 0. The van der Waals surface area contributed by atoms with Gasteiger partial charge in [0.2, 0.25) is 17.7 Å². The van der Waals surface area contributed by atoms with Gasteiger partial charge >= 0.3 is 0 Å². The second-order valence-electron chi connectivity index (χ2n) is 13.2. The number of benzene rings is 1. The van der Waals surface area contributed by atoms with Crippen LogP contribution in [-0.2, 0) is 19.1 Å². The zero-order chi connectivity index (χ0) is 30.2. The molecule has 42 heavy (non-hydrogen) atoms. The molecule has 8 atom stereocenters. The molecule has 2 N–H and O–H groups in total. The van der Waals surface area contributed by atoms with Gasteiger partial charge in [0.25, 0.3) is 0 Å². The summed E-state index contributed by atoms with van der Waals surface area (Å²) in [6, 6.07) is 5.09. The Hall–Kier alpha value is -2.71. The van der Waals surface area contributed by atoms with Crippen LogP contribution in [-0.4, -0.2) is 77.5 Å². The third kappa shape index (κ3) is 5.52. The summed E-state index contributed by atoms with van der Waals surface area (Å²) in [4.78, 5) is 46.5. The van der Waals surface area contributed by atoms with E-state index < -0.39 is 29.6 Å². The number of fused-ring (bicyclic) bond motifs is 1. The van der Waals surface area contributed by atoms with E-state index in [0.29, 0.717) is 30.6 Å². The van der Waals surface area contributed by atoms with Gasteiger partial charge in [0.1, 0.15) is 11.6 Å². The highest BCUT2D eigenvalue weighted by atomic mass is 16.5. The lowest BCUT2D eigenvalue weighted by atomic mass is 9.73. The molecule has 0 unspecified atom stereocenters. The van der Waals surface area contributed by atoms with E-state index in [1.54, 1.807) is 4.90 Å². The van der Waals surface area contributed by atoms with E-state index in [-0.39, 0.29) is 23.8 Å². The van der Waals surface area contributed by atoms with E-state index in [9.17, 15) is 14.4 Å². The highest BCUT2D eigenvalue weighted by Crippen LogP contribution is 2.55. The number of hydrogen-bond donors (Lipinski definition) is 2. The van der Waals surface area contributed by atoms with Gasteiger partial charge in [-0.15, -0.1) is 0 Å². The molecule has 3 heterocycles. The van der Waals surface area contributed by atoms with Crippen molar-refractivity contribution < 1.29 is 19.1 Å². The fourth-order valence-corrected chi connectivity index (χ4v) is 7.82. The molecule has 3 fully saturated rings. The van der Waals surface area contributed by atoms with Crippen molar-refractivity contribution in [3.8, 4) is 0 Å². The number of nitrogens with zero attached hydrogens (tertiary/aromatic N) is 2. The Labute approximate surface area is 251 Å². The third-order valence-electron chi connectivity index (χ3n) is 10.5. The molecular formula is C34H50N4O4. The minimum atomic E-state index is -1.14. The van der Waals surface area contributed by atoms with Crippen LogP contribution in [0.15, 0.2) is 30.4 Å². The van der Waals surface area contributed by atoms with Crippen molar-refractivity contribution in [2.24, 2.45) is 23.7 Å². The Morgan fingerprint density at radius 2 is 1.79 bits per heavy atom. The van der Waals surface area contributed by atoms with Crippen molar-refractivity contribution in [3.63, 3.8) is 0 Å². The number of carbonyl (C=O) groups is 3. The van der Waals surface area contributed by atoms with Crippen LogP contribution >= 0.6 is 0 Å². The van der Waals surface area contributed by atoms with Crippen LogP contribution in [0.4, 0.5) is 5.69 Å². The molecule has 2 bridgehead atoms. The second-order valence-corrected chi connectivity index (χ2v) is 13.2. The highest BCUT2D eigenvalue weighted by molar-refractivity contribution is 6.02. The van der Waals surface area contributed by atoms with Gasteiger partial charge in [0.15, 0.2) is 0 Å². The first-order chi connectivity index (χ1) is 20.1. The Morgan fingerprint density at radius 1 is 1.05 bits per heavy atom. The smallest absolute Gasteiger partial charge is 0.246 e. The van der Waals surface area contributed by atoms with E-state index in [1.807, 2.05) is 44.2 Å². The van der Waals surface area contributed by atoms with Gasteiger partial charge in [-0.1, -0.05) is 58.8 Å². The zero-order valence-electron chi connectivity index (χ0n) is 26.3. The number of ether oxygens (including phenoxy) is 1. The first-order valence-corrected chi connectivity index (χ1v) is 16.2. The standard InChI is InChI=1S/C34H50N4O4/c1-7-16-37(17-8-2)18-19-38-30(32(40)36-26-11-9-10-22(4)24(26)6)34-15-14-27(42-34)28(29(34)33(38)41)31(39)35-25-13-12-21(3)23(5)20-25/h12-15,20,22,24,26-30H,7-11,16-19H2,1-6H3,(H,35,39)(H,36,40)/t22-,24+,26+,27-,28+,29-,30-,34-/m0/s1. The average Bonchev–Trinajstić information content (AvgIpc) is 3.59. The van der Waals surface area contributed by atoms with E-state index in [1.165, 1.54) is 6.42 Å². The number of amides is 3. The lowest BCUT2D eigenvalue weighted by molar-refractivity contribution is -0.141. The summed E-state index contributed by atoms with van der Waals surface area (Å²) < 4.78 is 6.56. The molecule has 8 heteroatoms. The predicted octanol–water partition coefficient (Wildman–Crippen LogP) is 4.46. The Bertz CT molecular complexity index is 1210. The van der Waals surface area contributed by atoms with Crippen molar-refractivity contribution in [3.05, 3.63) is 41.5 Å². The molecule has 0 aromatic heterocycles. The van der Waals surface area contributed by atoms with E-state index >= 15 is 0 Å². The summed E-state index contributed by atoms with van der Waals surface area (Å²) in [6.45, 7) is 15.8. The molecule has 3 amide bonds. The van der Waals surface area contributed by atoms with Crippen molar-refractivity contribution in [1.82, 2.24) is 15.1 Å². The molecule has 8 nitrogen and oxygen atoms in total. The van der Waals surface area contributed by atoms with Gasteiger partial charge < -0.3 is 25.2 Å². The predicted molar refractivity (Wildman–Crippen MR) is 165 cm³/mol. The lowest BCUT2D eigenvalue weighted by Crippen LogP contribution is -2.58. The van der Waals surface area contributed by atoms with Gasteiger partial charge in [-0.25, -0.2) is 0 Å². The maximum Gasteiger partial charge on any atom is 0.246 e. The number of hydrogen-bond acceptors (Lipinski definition) is 5. The van der Waals surface area contributed by atoms with Gasteiger partial charge in [-0.05, 0) is 81.3 Å². The number of anilines is 1. The Morgan fingerprint density at radius 3 is 2.48 bits per heavy atom. The summed E-state index contributed by atoms with van der Waals surface area (Å²) >= 11 is 0. The first-order valence-electron chi connectivity index (χ1n) is 16.2. The summed E-state index contributed by atoms with van der Waals surface area (Å²) in [5.74, 6) is -1.08. The van der Waals surface area contributed by atoms with Crippen LogP contribution in [0.3, 0.4) is 0 Å². The topological polar surface area (TPSA) is 91.0 Å². The van der Waals surface area contributed by atoms with E-state index in [0.717, 1.165) is 49.9 Å². The number of aryl methyl sites for hydroxylation is 2. The van der Waals surface area contributed by atoms with Gasteiger partial charge in [0, 0.05) is 24.8 Å². The lowest BCUT2D eigenvalue weighted by Gasteiger charge is -2.38. The molecule has 0 radical (unpaired) electrons. The number of rotatable bonds is 11. The quantitative estimate of drug-likeness (QED) is 0.379. The molecule has 3 aliphatic heterocycles.